The number of ether oxygens (including phenoxy) is 2. The second-order valence-electron chi connectivity index (χ2n) is 3.53. The van der Waals surface area contributed by atoms with Crippen molar-refractivity contribution >= 4 is 28.7 Å². The highest BCUT2D eigenvalue weighted by atomic mass is 32.2. The average molecular weight is 261 g/mol. The number of aliphatic imine (C=N–C) groups is 1. The third-order valence-corrected chi connectivity index (χ3v) is 3.28. The minimum absolute atomic E-state index is 0.0762. The second kappa shape index (κ2) is 5.50. The topological polar surface area (TPSA) is 85.2 Å². The zero-order valence-corrected chi connectivity index (χ0v) is 10.7. The molecule has 2 atom stereocenters. The van der Waals surface area contributed by atoms with E-state index >= 15 is 0 Å². The monoisotopic (exact) mass is 261 g/mol. The Kier molecular flexibility index (Phi) is 4.53. The maximum absolute atomic E-state index is 11.5. The van der Waals surface area contributed by atoms with Crippen LogP contribution in [0.25, 0.3) is 0 Å². The number of hydrogen-bond donors (Lipinski definition) is 1. The van der Waals surface area contributed by atoms with Gasteiger partial charge in [0.05, 0.1) is 12.4 Å². The Morgan fingerprint density at radius 2 is 2.29 bits per heavy atom. The predicted octanol–water partition coefficient (Wildman–Crippen LogP) is 0.335. The summed E-state index contributed by atoms with van der Waals surface area (Å²) in [4.78, 5) is 26.1. The van der Waals surface area contributed by atoms with E-state index in [0.29, 0.717) is 5.04 Å². The first-order valence-electron chi connectivity index (χ1n) is 5.18. The number of nitrogens with zero attached hydrogens (tertiary/aromatic N) is 1. The van der Waals surface area contributed by atoms with Gasteiger partial charge in [-0.2, -0.15) is 0 Å². The van der Waals surface area contributed by atoms with Gasteiger partial charge in [0.1, 0.15) is 11.1 Å². The molecule has 7 heteroatoms. The molecular formula is C10H15NO5S. The van der Waals surface area contributed by atoms with Gasteiger partial charge in [0.25, 0.3) is 5.72 Å². The van der Waals surface area contributed by atoms with Crippen LogP contribution in [-0.2, 0) is 19.1 Å². The van der Waals surface area contributed by atoms with Crippen molar-refractivity contribution in [1.29, 1.82) is 0 Å². The summed E-state index contributed by atoms with van der Waals surface area (Å²) in [5.41, 5.74) is -1.86. The number of carbonyl (C=O) groups excluding carboxylic acids is 2. The van der Waals surface area contributed by atoms with Crippen molar-refractivity contribution in [3.05, 3.63) is 0 Å². The molecule has 0 saturated carbocycles. The van der Waals surface area contributed by atoms with Gasteiger partial charge in [0, 0.05) is 6.92 Å². The standard InChI is InChI=1S/C10H15NO5S/c1-4-15-9(13)10(14)5-17-8(11-10)6(2)16-7(3)12/h6,14H,4-5H2,1-3H3/t6-,10?/m0/s1. The van der Waals surface area contributed by atoms with Crippen molar-refractivity contribution in [2.45, 2.75) is 32.6 Å². The Morgan fingerprint density at radius 3 is 2.82 bits per heavy atom. The lowest BCUT2D eigenvalue weighted by molar-refractivity contribution is -0.161. The third-order valence-electron chi connectivity index (χ3n) is 2.01. The molecule has 1 heterocycles. The van der Waals surface area contributed by atoms with Gasteiger partial charge in [-0.15, -0.1) is 11.8 Å². The Morgan fingerprint density at radius 1 is 1.65 bits per heavy atom. The number of carbonyl (C=O) groups is 2. The number of thioether (sulfide) groups is 1. The number of hydrogen-bond acceptors (Lipinski definition) is 7. The van der Waals surface area contributed by atoms with E-state index in [1.807, 2.05) is 0 Å². The summed E-state index contributed by atoms with van der Waals surface area (Å²) in [7, 11) is 0. The molecule has 96 valence electrons. The van der Waals surface area contributed by atoms with Crippen LogP contribution in [0, 0.1) is 0 Å². The van der Waals surface area contributed by atoms with Crippen LogP contribution in [0.15, 0.2) is 4.99 Å². The first kappa shape index (κ1) is 14.0. The summed E-state index contributed by atoms with van der Waals surface area (Å²) in [6.07, 6.45) is -0.569. The average Bonchev–Trinajstić information content (AvgIpc) is 2.62. The Hall–Kier alpha value is -1.08. The molecule has 6 nitrogen and oxygen atoms in total. The Labute approximate surface area is 103 Å². The highest BCUT2D eigenvalue weighted by Gasteiger charge is 2.43. The van der Waals surface area contributed by atoms with Crippen molar-refractivity contribution in [3.63, 3.8) is 0 Å². The molecule has 0 aromatic carbocycles. The summed E-state index contributed by atoms with van der Waals surface area (Å²) in [6, 6.07) is 0. The molecule has 0 saturated heterocycles. The molecule has 1 N–H and O–H groups in total. The molecule has 0 aromatic heterocycles. The highest BCUT2D eigenvalue weighted by Crippen LogP contribution is 2.29. The van der Waals surface area contributed by atoms with Crippen molar-refractivity contribution in [1.82, 2.24) is 0 Å². The fourth-order valence-electron chi connectivity index (χ4n) is 1.28. The van der Waals surface area contributed by atoms with E-state index in [1.165, 1.54) is 18.7 Å². The second-order valence-corrected chi connectivity index (χ2v) is 4.52. The molecule has 1 aliphatic rings. The number of esters is 2. The molecule has 0 spiro atoms. The lowest BCUT2D eigenvalue weighted by Gasteiger charge is -2.15. The van der Waals surface area contributed by atoms with Crippen molar-refractivity contribution in [2.75, 3.05) is 12.4 Å². The zero-order valence-electron chi connectivity index (χ0n) is 9.93. The molecule has 0 bridgehead atoms. The van der Waals surface area contributed by atoms with E-state index in [1.54, 1.807) is 13.8 Å². The third kappa shape index (κ3) is 3.44. The first-order valence-corrected chi connectivity index (χ1v) is 6.17. The fraction of sp³-hybridized carbons (Fsp3) is 0.700. The molecule has 0 radical (unpaired) electrons. The largest absolute Gasteiger partial charge is 0.462 e. The van der Waals surface area contributed by atoms with Gasteiger partial charge >= 0.3 is 11.9 Å². The molecule has 0 aliphatic carbocycles. The lowest BCUT2D eigenvalue weighted by atomic mass is 10.3. The lowest BCUT2D eigenvalue weighted by Crippen LogP contribution is -2.38. The van der Waals surface area contributed by atoms with E-state index in [0.717, 1.165) is 0 Å². The van der Waals surface area contributed by atoms with Crippen LogP contribution < -0.4 is 0 Å². The molecular weight excluding hydrogens is 246 g/mol. The van der Waals surface area contributed by atoms with Gasteiger partial charge in [-0.25, -0.2) is 9.79 Å². The molecule has 0 aromatic rings. The van der Waals surface area contributed by atoms with Gasteiger partial charge < -0.3 is 14.6 Å². The molecule has 1 aliphatic heterocycles. The van der Waals surface area contributed by atoms with Crippen molar-refractivity contribution in [3.8, 4) is 0 Å². The maximum atomic E-state index is 11.5. The Balaban J connectivity index is 2.73. The van der Waals surface area contributed by atoms with Crippen LogP contribution in [0.1, 0.15) is 20.8 Å². The summed E-state index contributed by atoms with van der Waals surface area (Å²) in [6.45, 7) is 4.74. The minimum atomic E-state index is -1.86. The van der Waals surface area contributed by atoms with E-state index in [2.05, 4.69) is 4.99 Å². The highest BCUT2D eigenvalue weighted by molar-refractivity contribution is 8.14. The van der Waals surface area contributed by atoms with Crippen LogP contribution >= 0.6 is 11.8 Å². The summed E-state index contributed by atoms with van der Waals surface area (Å²) >= 11 is 1.18. The van der Waals surface area contributed by atoms with E-state index < -0.39 is 23.8 Å². The van der Waals surface area contributed by atoms with Gasteiger partial charge in [0.15, 0.2) is 0 Å². The van der Waals surface area contributed by atoms with E-state index in [9.17, 15) is 14.7 Å². The maximum Gasteiger partial charge on any atom is 0.362 e. The van der Waals surface area contributed by atoms with Gasteiger partial charge in [0.2, 0.25) is 0 Å². The zero-order chi connectivity index (χ0) is 13.1. The van der Waals surface area contributed by atoms with Crippen LogP contribution in [-0.4, -0.2) is 46.3 Å². The smallest absolute Gasteiger partial charge is 0.362 e. The van der Waals surface area contributed by atoms with E-state index in [4.69, 9.17) is 9.47 Å². The predicted molar refractivity (Wildman–Crippen MR) is 62.7 cm³/mol. The quantitative estimate of drug-likeness (QED) is 0.734. The number of aliphatic hydroxyl groups is 1. The molecule has 0 amide bonds. The minimum Gasteiger partial charge on any atom is -0.462 e. The fourth-order valence-corrected chi connectivity index (χ4v) is 2.31. The van der Waals surface area contributed by atoms with Gasteiger partial charge in [-0.3, -0.25) is 4.79 Å². The van der Waals surface area contributed by atoms with Gasteiger partial charge in [-0.05, 0) is 13.8 Å². The Bertz CT molecular complexity index is 357. The van der Waals surface area contributed by atoms with Crippen LogP contribution in [0.5, 0.6) is 0 Å². The van der Waals surface area contributed by atoms with Crippen molar-refractivity contribution in [2.24, 2.45) is 4.99 Å². The van der Waals surface area contributed by atoms with Crippen LogP contribution in [0.4, 0.5) is 0 Å². The SMILES string of the molecule is CCOC(=O)C1(O)CSC([C@H](C)OC(C)=O)=N1. The molecule has 0 fully saturated rings. The van der Waals surface area contributed by atoms with Crippen molar-refractivity contribution < 1.29 is 24.2 Å². The van der Waals surface area contributed by atoms with Crippen LogP contribution in [0.3, 0.4) is 0 Å². The molecule has 17 heavy (non-hydrogen) atoms. The molecule has 1 unspecified atom stereocenters. The molecule has 1 rings (SSSR count). The summed E-state index contributed by atoms with van der Waals surface area (Å²) in [5, 5.41) is 10.3. The van der Waals surface area contributed by atoms with Gasteiger partial charge in [-0.1, -0.05) is 0 Å². The normalized spacial score (nSPS) is 25.1. The van der Waals surface area contributed by atoms with E-state index in [-0.39, 0.29) is 12.4 Å². The summed E-state index contributed by atoms with van der Waals surface area (Å²) in [5.74, 6) is -1.14. The summed E-state index contributed by atoms with van der Waals surface area (Å²) < 4.78 is 9.63. The van der Waals surface area contributed by atoms with Crippen LogP contribution in [0.2, 0.25) is 0 Å². The number of rotatable bonds is 4. The first-order chi connectivity index (χ1) is 7.89.